The summed E-state index contributed by atoms with van der Waals surface area (Å²) in [4.78, 5) is 14.5. The molecule has 0 bridgehead atoms. The zero-order valence-electron chi connectivity index (χ0n) is 17.0. The lowest BCUT2D eigenvalue weighted by Gasteiger charge is -2.12. The second-order valence-electron chi connectivity index (χ2n) is 6.91. The molecule has 1 amide bonds. The van der Waals surface area contributed by atoms with Crippen molar-refractivity contribution >= 4 is 23.4 Å². The van der Waals surface area contributed by atoms with E-state index in [2.05, 4.69) is 5.32 Å². The van der Waals surface area contributed by atoms with Crippen LogP contribution in [0.3, 0.4) is 0 Å². The molecular formula is C25H23N3O2. The number of carbonyl (C=O) groups excluding carboxylic acids is 1. The molecule has 150 valence electrons. The molecule has 0 saturated heterocycles. The van der Waals surface area contributed by atoms with Gasteiger partial charge in [-0.3, -0.25) is 4.79 Å². The van der Waals surface area contributed by atoms with Gasteiger partial charge in [-0.15, -0.1) is 0 Å². The summed E-state index contributed by atoms with van der Waals surface area (Å²) in [6.45, 7) is 0.473. The lowest BCUT2D eigenvalue weighted by atomic mass is 10.1. The Morgan fingerprint density at radius 1 is 1.00 bits per heavy atom. The Balaban J connectivity index is 1.61. The molecule has 0 aromatic heterocycles. The van der Waals surface area contributed by atoms with Crippen LogP contribution < -0.4 is 15.0 Å². The molecule has 0 fully saturated rings. The Morgan fingerprint density at radius 3 is 2.27 bits per heavy atom. The number of hydrogen-bond donors (Lipinski definition) is 1. The minimum atomic E-state index is -0.452. The highest BCUT2D eigenvalue weighted by molar-refractivity contribution is 6.09. The molecule has 0 aliphatic heterocycles. The van der Waals surface area contributed by atoms with Crippen molar-refractivity contribution in [2.45, 2.75) is 6.61 Å². The molecule has 3 rings (SSSR count). The zero-order chi connectivity index (χ0) is 21.3. The highest BCUT2D eigenvalue weighted by Crippen LogP contribution is 2.19. The van der Waals surface area contributed by atoms with Gasteiger partial charge in [-0.25, -0.2) is 0 Å². The molecule has 1 N–H and O–H groups in total. The third-order valence-corrected chi connectivity index (χ3v) is 4.45. The number of hydrogen-bond acceptors (Lipinski definition) is 4. The summed E-state index contributed by atoms with van der Waals surface area (Å²) in [7, 11) is 3.91. The third kappa shape index (κ3) is 5.73. The summed E-state index contributed by atoms with van der Waals surface area (Å²) >= 11 is 0. The SMILES string of the molecule is CN(C)c1ccc(/C=C(\C#N)C(=O)Nc2ccc(OCc3ccccc3)cc2)cc1. The maximum atomic E-state index is 12.5. The summed E-state index contributed by atoms with van der Waals surface area (Å²) in [5, 5.41) is 12.1. The summed E-state index contributed by atoms with van der Waals surface area (Å²) < 4.78 is 5.75. The van der Waals surface area contributed by atoms with E-state index < -0.39 is 5.91 Å². The molecule has 0 unspecified atom stereocenters. The number of carbonyl (C=O) groups is 1. The number of nitrogens with one attached hydrogen (secondary N) is 1. The van der Waals surface area contributed by atoms with E-state index in [9.17, 15) is 10.1 Å². The monoisotopic (exact) mass is 397 g/mol. The van der Waals surface area contributed by atoms with Crippen molar-refractivity contribution in [3.63, 3.8) is 0 Å². The van der Waals surface area contributed by atoms with Gasteiger partial charge in [0.15, 0.2) is 0 Å². The maximum absolute atomic E-state index is 12.5. The summed E-state index contributed by atoms with van der Waals surface area (Å²) in [5.74, 6) is 0.251. The van der Waals surface area contributed by atoms with E-state index in [0.29, 0.717) is 18.0 Å². The number of anilines is 2. The fraction of sp³-hybridized carbons (Fsp3) is 0.120. The fourth-order valence-electron chi connectivity index (χ4n) is 2.76. The number of benzene rings is 3. The van der Waals surface area contributed by atoms with Gasteiger partial charge < -0.3 is 15.0 Å². The van der Waals surface area contributed by atoms with Gasteiger partial charge in [-0.2, -0.15) is 5.26 Å². The molecule has 0 aliphatic rings. The summed E-state index contributed by atoms with van der Waals surface area (Å²) in [6, 6.07) is 26.6. The average Bonchev–Trinajstić information content (AvgIpc) is 2.78. The predicted octanol–water partition coefficient (Wildman–Crippen LogP) is 4.88. The first-order valence-electron chi connectivity index (χ1n) is 9.52. The molecular weight excluding hydrogens is 374 g/mol. The number of nitrogens with zero attached hydrogens (tertiary/aromatic N) is 2. The first-order valence-corrected chi connectivity index (χ1v) is 9.52. The van der Waals surface area contributed by atoms with Crippen LogP contribution in [0, 0.1) is 11.3 Å². The molecule has 0 atom stereocenters. The van der Waals surface area contributed by atoms with Gasteiger partial charge in [0.05, 0.1) is 0 Å². The van der Waals surface area contributed by atoms with Crippen LogP contribution in [0.4, 0.5) is 11.4 Å². The number of nitriles is 1. The van der Waals surface area contributed by atoms with Crippen LogP contribution in [0.2, 0.25) is 0 Å². The summed E-state index contributed by atoms with van der Waals surface area (Å²) in [5.41, 5.74) is 3.55. The normalized spacial score (nSPS) is 10.8. The highest BCUT2D eigenvalue weighted by Gasteiger charge is 2.10. The maximum Gasteiger partial charge on any atom is 0.266 e. The van der Waals surface area contributed by atoms with Crippen molar-refractivity contribution in [1.82, 2.24) is 0 Å². The van der Waals surface area contributed by atoms with E-state index in [4.69, 9.17) is 4.74 Å². The molecule has 0 heterocycles. The Kier molecular flexibility index (Phi) is 6.86. The van der Waals surface area contributed by atoms with Gasteiger partial charge in [0.2, 0.25) is 0 Å². The van der Waals surface area contributed by atoms with Gasteiger partial charge in [0, 0.05) is 25.5 Å². The Hall–Kier alpha value is -4.04. The molecule has 5 nitrogen and oxygen atoms in total. The van der Waals surface area contributed by atoms with E-state index in [-0.39, 0.29) is 5.57 Å². The molecule has 5 heteroatoms. The molecule has 30 heavy (non-hydrogen) atoms. The largest absolute Gasteiger partial charge is 0.489 e. The van der Waals surface area contributed by atoms with Crippen LogP contribution in [0.25, 0.3) is 6.08 Å². The van der Waals surface area contributed by atoms with Gasteiger partial charge >= 0.3 is 0 Å². The van der Waals surface area contributed by atoms with Crippen molar-refractivity contribution in [3.05, 3.63) is 95.6 Å². The van der Waals surface area contributed by atoms with Crippen LogP contribution in [0.1, 0.15) is 11.1 Å². The number of ether oxygens (including phenoxy) is 1. The molecule has 0 aliphatic carbocycles. The van der Waals surface area contributed by atoms with Crippen LogP contribution in [0.5, 0.6) is 5.75 Å². The van der Waals surface area contributed by atoms with Gasteiger partial charge in [0.1, 0.15) is 24.0 Å². The first kappa shape index (κ1) is 20.7. The van der Waals surface area contributed by atoms with Gasteiger partial charge in [-0.1, -0.05) is 42.5 Å². The van der Waals surface area contributed by atoms with E-state index >= 15 is 0 Å². The van der Waals surface area contributed by atoms with Crippen LogP contribution in [-0.4, -0.2) is 20.0 Å². The fourth-order valence-corrected chi connectivity index (χ4v) is 2.76. The van der Waals surface area contributed by atoms with E-state index in [1.165, 1.54) is 0 Å². The second-order valence-corrected chi connectivity index (χ2v) is 6.91. The smallest absolute Gasteiger partial charge is 0.266 e. The summed E-state index contributed by atoms with van der Waals surface area (Å²) in [6.07, 6.45) is 1.58. The molecule has 0 spiro atoms. The van der Waals surface area contributed by atoms with Crippen molar-refractivity contribution in [1.29, 1.82) is 5.26 Å². The van der Waals surface area contributed by atoms with Gasteiger partial charge in [0.25, 0.3) is 5.91 Å². The predicted molar refractivity (Wildman–Crippen MR) is 120 cm³/mol. The highest BCUT2D eigenvalue weighted by atomic mass is 16.5. The van der Waals surface area contributed by atoms with Crippen molar-refractivity contribution < 1.29 is 9.53 Å². The molecule has 0 saturated carbocycles. The van der Waals surface area contributed by atoms with E-state index in [1.807, 2.05) is 79.7 Å². The topological polar surface area (TPSA) is 65.4 Å². The Bertz CT molecular complexity index is 1050. The Morgan fingerprint density at radius 2 is 1.67 bits per heavy atom. The molecule has 0 radical (unpaired) electrons. The van der Waals surface area contributed by atoms with Crippen molar-refractivity contribution in [3.8, 4) is 11.8 Å². The van der Waals surface area contributed by atoms with E-state index in [1.54, 1.807) is 30.3 Å². The van der Waals surface area contributed by atoms with Crippen LogP contribution in [0.15, 0.2) is 84.4 Å². The van der Waals surface area contributed by atoms with Crippen molar-refractivity contribution in [2.24, 2.45) is 0 Å². The van der Waals surface area contributed by atoms with Crippen LogP contribution in [-0.2, 0) is 11.4 Å². The molecule has 3 aromatic rings. The molecule has 3 aromatic carbocycles. The van der Waals surface area contributed by atoms with Crippen molar-refractivity contribution in [2.75, 3.05) is 24.3 Å². The lowest BCUT2D eigenvalue weighted by Crippen LogP contribution is -2.13. The number of rotatable bonds is 7. The quantitative estimate of drug-likeness (QED) is 0.456. The average molecular weight is 397 g/mol. The van der Waals surface area contributed by atoms with E-state index in [0.717, 1.165) is 16.8 Å². The third-order valence-electron chi connectivity index (χ3n) is 4.45. The minimum absolute atomic E-state index is 0.0389. The standard InChI is InChI=1S/C25H23N3O2/c1-28(2)23-12-8-19(9-13-23)16-21(17-26)25(29)27-22-10-14-24(15-11-22)30-18-20-6-4-3-5-7-20/h3-16H,18H2,1-2H3,(H,27,29)/b21-16+. The first-order chi connectivity index (χ1) is 14.5. The van der Waals surface area contributed by atoms with Gasteiger partial charge in [-0.05, 0) is 53.6 Å². The lowest BCUT2D eigenvalue weighted by molar-refractivity contribution is -0.112. The Labute approximate surface area is 176 Å². The minimum Gasteiger partial charge on any atom is -0.489 e. The second kappa shape index (κ2) is 9.94. The number of amides is 1. The zero-order valence-corrected chi connectivity index (χ0v) is 17.0. The van der Waals surface area contributed by atoms with Crippen LogP contribution >= 0.6 is 0 Å².